The number of amides is 2. The molecule has 0 aliphatic carbocycles. The molecule has 0 saturated carbocycles. The number of likely N-dealkylation sites (N-methyl/N-ethyl adjacent to an activating group) is 1. The number of hydrogen-bond acceptors (Lipinski definition) is 4. The Morgan fingerprint density at radius 1 is 1.03 bits per heavy atom. The molecule has 11 heteroatoms. The van der Waals surface area contributed by atoms with Crippen LogP contribution in [0.25, 0.3) is 0 Å². The fourth-order valence-electron chi connectivity index (χ4n) is 3.95. The van der Waals surface area contributed by atoms with Gasteiger partial charge in [-0.3, -0.25) is 4.79 Å². The maximum Gasteiger partial charge on any atom is 0.416 e. The van der Waals surface area contributed by atoms with E-state index in [4.69, 9.17) is 27.9 Å². The summed E-state index contributed by atoms with van der Waals surface area (Å²) in [6.07, 6.45) is -5.03. The minimum absolute atomic E-state index is 0.00934. The van der Waals surface area contributed by atoms with Crippen LogP contribution in [0.1, 0.15) is 31.9 Å². The van der Waals surface area contributed by atoms with Crippen molar-refractivity contribution in [3.05, 3.63) is 63.6 Å². The molecule has 1 aliphatic rings. The van der Waals surface area contributed by atoms with Gasteiger partial charge in [0.15, 0.2) is 0 Å². The SMILES string of the molecule is CN(Cc1cc(Cl)cc(Cl)c1)C(=O)C1CN(C(=O)OC(C)(C)C)CCN1c1ccc(C(F)(F)F)cc1. The number of hydrogen-bond donors (Lipinski definition) is 0. The normalized spacial score (nSPS) is 16.6. The van der Waals surface area contributed by atoms with Crippen molar-refractivity contribution in [3.8, 4) is 0 Å². The zero-order valence-electron chi connectivity index (χ0n) is 20.4. The van der Waals surface area contributed by atoms with Gasteiger partial charge in [-0.15, -0.1) is 0 Å². The first-order chi connectivity index (χ1) is 16.6. The second-order valence-electron chi connectivity index (χ2n) is 9.65. The maximum absolute atomic E-state index is 13.6. The summed E-state index contributed by atoms with van der Waals surface area (Å²) in [5.74, 6) is -0.320. The van der Waals surface area contributed by atoms with E-state index in [9.17, 15) is 22.8 Å². The molecule has 0 N–H and O–H groups in total. The highest BCUT2D eigenvalue weighted by Crippen LogP contribution is 2.32. The van der Waals surface area contributed by atoms with E-state index in [1.165, 1.54) is 21.9 Å². The van der Waals surface area contributed by atoms with E-state index >= 15 is 0 Å². The van der Waals surface area contributed by atoms with Crippen LogP contribution in [0.15, 0.2) is 42.5 Å². The Morgan fingerprint density at radius 3 is 2.14 bits per heavy atom. The number of carbonyl (C=O) groups is 2. The summed E-state index contributed by atoms with van der Waals surface area (Å²) in [5, 5.41) is 0.858. The zero-order valence-corrected chi connectivity index (χ0v) is 21.9. The third kappa shape index (κ3) is 7.20. The highest BCUT2D eigenvalue weighted by Gasteiger charge is 2.38. The summed E-state index contributed by atoms with van der Waals surface area (Å²) in [6.45, 7) is 5.92. The molecule has 196 valence electrons. The number of anilines is 1. The number of carbonyl (C=O) groups excluding carboxylic acids is 2. The fraction of sp³-hybridized carbons (Fsp3) is 0.440. The Bertz CT molecular complexity index is 1080. The first-order valence-corrected chi connectivity index (χ1v) is 12.0. The Morgan fingerprint density at radius 2 is 1.61 bits per heavy atom. The summed E-state index contributed by atoms with van der Waals surface area (Å²) in [5.41, 5.74) is -0.339. The summed E-state index contributed by atoms with van der Waals surface area (Å²) < 4.78 is 44.7. The fourth-order valence-corrected chi connectivity index (χ4v) is 4.52. The Hall–Kier alpha value is -2.65. The topological polar surface area (TPSA) is 53.1 Å². The van der Waals surface area contributed by atoms with Gasteiger partial charge in [0, 0.05) is 42.4 Å². The van der Waals surface area contributed by atoms with Crippen molar-refractivity contribution in [2.45, 2.75) is 45.1 Å². The average molecular weight is 546 g/mol. The van der Waals surface area contributed by atoms with Crippen LogP contribution in [0.2, 0.25) is 10.0 Å². The standard InChI is InChI=1S/C25H28Cl2F3N3O3/c1-24(2,3)36-23(35)32-9-10-33(20-7-5-17(6-8-20)25(28,29)30)21(15-32)22(34)31(4)14-16-11-18(26)13-19(27)12-16/h5-8,11-13,21H,9-10,14-15H2,1-4H3. The molecule has 1 unspecified atom stereocenters. The molecule has 1 saturated heterocycles. The van der Waals surface area contributed by atoms with Gasteiger partial charge in [0.25, 0.3) is 0 Å². The van der Waals surface area contributed by atoms with Gasteiger partial charge >= 0.3 is 12.3 Å². The van der Waals surface area contributed by atoms with Gasteiger partial charge in [-0.1, -0.05) is 23.2 Å². The number of nitrogens with zero attached hydrogens (tertiary/aromatic N) is 3. The lowest BCUT2D eigenvalue weighted by Crippen LogP contribution is -2.60. The van der Waals surface area contributed by atoms with Crippen LogP contribution in [0.5, 0.6) is 0 Å². The number of benzene rings is 2. The van der Waals surface area contributed by atoms with E-state index < -0.39 is 29.5 Å². The quantitative estimate of drug-likeness (QED) is 0.466. The lowest BCUT2D eigenvalue weighted by atomic mass is 10.1. The van der Waals surface area contributed by atoms with Crippen LogP contribution < -0.4 is 4.90 Å². The molecule has 0 bridgehead atoms. The van der Waals surface area contributed by atoms with Crippen molar-refractivity contribution in [2.75, 3.05) is 31.6 Å². The van der Waals surface area contributed by atoms with Gasteiger partial charge in [-0.2, -0.15) is 13.2 Å². The van der Waals surface area contributed by atoms with Crippen LogP contribution in [0.3, 0.4) is 0 Å². The molecule has 0 radical (unpaired) electrons. The molecule has 36 heavy (non-hydrogen) atoms. The van der Waals surface area contributed by atoms with Crippen LogP contribution >= 0.6 is 23.2 Å². The molecule has 3 rings (SSSR count). The van der Waals surface area contributed by atoms with E-state index in [0.29, 0.717) is 21.3 Å². The summed E-state index contributed by atoms with van der Waals surface area (Å²) in [6, 6.07) is 8.76. The average Bonchev–Trinajstić information content (AvgIpc) is 2.75. The van der Waals surface area contributed by atoms with Gasteiger partial charge in [0.2, 0.25) is 5.91 Å². The Labute approximate surface area is 218 Å². The molecule has 0 spiro atoms. The second-order valence-corrected chi connectivity index (χ2v) is 10.5. The van der Waals surface area contributed by atoms with Crippen molar-refractivity contribution in [1.29, 1.82) is 0 Å². The predicted molar refractivity (Wildman–Crippen MR) is 133 cm³/mol. The molecule has 2 amide bonds. The lowest BCUT2D eigenvalue weighted by Gasteiger charge is -2.43. The minimum atomic E-state index is -4.47. The van der Waals surface area contributed by atoms with Gasteiger partial charge in [-0.25, -0.2) is 4.79 Å². The lowest BCUT2D eigenvalue weighted by molar-refractivity contribution is -0.137. The Balaban J connectivity index is 1.87. The minimum Gasteiger partial charge on any atom is -0.444 e. The molecular formula is C25H28Cl2F3N3O3. The molecule has 1 fully saturated rings. The van der Waals surface area contributed by atoms with Crippen LogP contribution in [-0.2, 0) is 22.3 Å². The zero-order chi connectivity index (χ0) is 26.8. The maximum atomic E-state index is 13.6. The molecule has 6 nitrogen and oxygen atoms in total. The van der Waals surface area contributed by atoms with Crippen molar-refractivity contribution in [3.63, 3.8) is 0 Å². The smallest absolute Gasteiger partial charge is 0.416 e. The molecule has 2 aromatic rings. The molecule has 1 atom stereocenters. The van der Waals surface area contributed by atoms with E-state index in [1.54, 1.807) is 50.9 Å². The number of piperazine rings is 1. The van der Waals surface area contributed by atoms with E-state index in [0.717, 1.165) is 12.1 Å². The summed E-state index contributed by atoms with van der Waals surface area (Å²) >= 11 is 12.2. The first kappa shape index (κ1) is 27.9. The van der Waals surface area contributed by atoms with Crippen molar-refractivity contribution in [1.82, 2.24) is 9.80 Å². The highest BCUT2D eigenvalue weighted by atomic mass is 35.5. The van der Waals surface area contributed by atoms with Gasteiger partial charge in [0.05, 0.1) is 12.1 Å². The molecule has 1 heterocycles. The molecule has 1 aliphatic heterocycles. The van der Waals surface area contributed by atoms with Crippen LogP contribution in [0.4, 0.5) is 23.7 Å². The third-order valence-corrected chi connectivity index (χ3v) is 6.00. The Kier molecular flexibility index (Phi) is 8.35. The van der Waals surface area contributed by atoms with Gasteiger partial charge in [-0.05, 0) is 68.8 Å². The van der Waals surface area contributed by atoms with Gasteiger partial charge < -0.3 is 19.4 Å². The first-order valence-electron chi connectivity index (χ1n) is 11.3. The predicted octanol–water partition coefficient (Wildman–Crippen LogP) is 6.10. The largest absolute Gasteiger partial charge is 0.444 e. The number of alkyl halides is 3. The molecule has 0 aromatic heterocycles. The number of rotatable bonds is 4. The van der Waals surface area contributed by atoms with Crippen molar-refractivity contribution >= 4 is 40.9 Å². The summed E-state index contributed by atoms with van der Waals surface area (Å²) in [7, 11) is 1.61. The van der Waals surface area contributed by atoms with E-state index in [-0.39, 0.29) is 32.1 Å². The van der Waals surface area contributed by atoms with Crippen molar-refractivity contribution < 1.29 is 27.5 Å². The van der Waals surface area contributed by atoms with E-state index in [2.05, 4.69) is 0 Å². The highest BCUT2D eigenvalue weighted by molar-refractivity contribution is 6.34. The van der Waals surface area contributed by atoms with Gasteiger partial charge in [0.1, 0.15) is 11.6 Å². The third-order valence-electron chi connectivity index (χ3n) is 5.56. The summed E-state index contributed by atoms with van der Waals surface area (Å²) in [4.78, 5) is 30.9. The van der Waals surface area contributed by atoms with Crippen LogP contribution in [-0.4, -0.2) is 60.1 Å². The molecular weight excluding hydrogens is 518 g/mol. The second kappa shape index (κ2) is 10.8. The number of halogens is 5. The van der Waals surface area contributed by atoms with Crippen LogP contribution in [0, 0.1) is 0 Å². The number of ether oxygens (including phenoxy) is 1. The van der Waals surface area contributed by atoms with E-state index in [1.807, 2.05) is 0 Å². The van der Waals surface area contributed by atoms with Crippen molar-refractivity contribution in [2.24, 2.45) is 0 Å². The molecule has 2 aromatic carbocycles. The monoisotopic (exact) mass is 545 g/mol.